The third-order valence-corrected chi connectivity index (χ3v) is 7.97. The van der Waals surface area contributed by atoms with Crippen LogP contribution in [-0.2, 0) is 0 Å². The van der Waals surface area contributed by atoms with Gasteiger partial charge in [-0.15, -0.1) is 0 Å². The molecule has 4 aliphatic carbocycles. The van der Waals surface area contributed by atoms with Crippen molar-refractivity contribution in [2.24, 2.45) is 39.5 Å². The monoisotopic (exact) mass is 302 g/mol. The number of rotatable bonds is 0. The van der Waals surface area contributed by atoms with Gasteiger partial charge < -0.3 is 10.9 Å². The van der Waals surface area contributed by atoms with E-state index in [1.165, 1.54) is 37.8 Å². The van der Waals surface area contributed by atoms with Gasteiger partial charge in [-0.25, -0.2) is 0 Å². The molecule has 3 nitrogen and oxygen atoms in total. The molecule has 3 saturated carbocycles. The van der Waals surface area contributed by atoms with E-state index in [0.717, 1.165) is 37.0 Å². The Hall–Kier alpha value is -0.830. The van der Waals surface area contributed by atoms with Crippen LogP contribution in [0.1, 0.15) is 65.2 Å². The van der Waals surface area contributed by atoms with Crippen LogP contribution in [0.25, 0.3) is 0 Å². The van der Waals surface area contributed by atoms with Gasteiger partial charge in [0.05, 0.1) is 6.10 Å². The van der Waals surface area contributed by atoms with Crippen LogP contribution in [0.5, 0.6) is 0 Å². The van der Waals surface area contributed by atoms with Gasteiger partial charge >= 0.3 is 0 Å². The maximum absolute atomic E-state index is 10.0. The van der Waals surface area contributed by atoms with Crippen molar-refractivity contribution in [2.75, 3.05) is 0 Å². The highest BCUT2D eigenvalue weighted by molar-refractivity contribution is 5.92. The quantitative estimate of drug-likeness (QED) is 0.408. The smallest absolute Gasteiger partial charge is 0.0577 e. The minimum atomic E-state index is -0.104. The van der Waals surface area contributed by atoms with E-state index < -0.39 is 0 Å². The zero-order chi connectivity index (χ0) is 15.5. The molecule has 4 aliphatic rings. The number of hydrazone groups is 1. The van der Waals surface area contributed by atoms with E-state index in [-0.39, 0.29) is 11.5 Å². The Morgan fingerprint density at radius 2 is 1.86 bits per heavy atom. The fourth-order valence-corrected chi connectivity index (χ4v) is 6.64. The third-order valence-electron chi connectivity index (χ3n) is 7.97. The van der Waals surface area contributed by atoms with Crippen molar-refractivity contribution in [3.05, 3.63) is 11.6 Å². The lowest BCUT2D eigenvalue weighted by atomic mass is 9.48. The van der Waals surface area contributed by atoms with Crippen molar-refractivity contribution in [3.63, 3.8) is 0 Å². The molecule has 0 aromatic rings. The van der Waals surface area contributed by atoms with E-state index in [9.17, 15) is 5.11 Å². The summed E-state index contributed by atoms with van der Waals surface area (Å²) in [4.78, 5) is 0. The van der Waals surface area contributed by atoms with E-state index in [0.29, 0.717) is 5.41 Å². The van der Waals surface area contributed by atoms with Crippen LogP contribution >= 0.6 is 0 Å². The molecule has 6 atom stereocenters. The van der Waals surface area contributed by atoms with Gasteiger partial charge in [0.15, 0.2) is 0 Å². The van der Waals surface area contributed by atoms with Gasteiger partial charge in [-0.2, -0.15) is 5.10 Å². The second-order valence-corrected chi connectivity index (χ2v) is 8.73. The molecule has 0 amide bonds. The molecule has 0 radical (unpaired) electrons. The molecule has 0 aromatic heterocycles. The summed E-state index contributed by atoms with van der Waals surface area (Å²) in [5, 5.41) is 14.2. The molecule has 0 aliphatic heterocycles. The number of allylic oxidation sites excluding steroid dienone is 1. The molecule has 0 heterocycles. The Labute approximate surface area is 134 Å². The second kappa shape index (κ2) is 4.83. The molecular formula is C19H30N2O. The van der Waals surface area contributed by atoms with Crippen LogP contribution in [0, 0.1) is 28.6 Å². The Morgan fingerprint density at radius 1 is 1.14 bits per heavy atom. The zero-order valence-corrected chi connectivity index (χ0v) is 14.0. The van der Waals surface area contributed by atoms with Crippen LogP contribution in [0.4, 0.5) is 0 Å². The molecule has 3 fully saturated rings. The molecular weight excluding hydrogens is 272 g/mol. The van der Waals surface area contributed by atoms with Gasteiger partial charge in [-0.05, 0) is 74.5 Å². The predicted molar refractivity (Wildman–Crippen MR) is 89.3 cm³/mol. The molecule has 22 heavy (non-hydrogen) atoms. The first-order valence-corrected chi connectivity index (χ1v) is 9.14. The molecule has 122 valence electrons. The summed E-state index contributed by atoms with van der Waals surface area (Å²) < 4.78 is 0. The number of hydrogen-bond donors (Lipinski definition) is 2. The van der Waals surface area contributed by atoms with Crippen molar-refractivity contribution in [1.29, 1.82) is 0 Å². The lowest BCUT2D eigenvalue weighted by Gasteiger charge is -2.57. The number of aliphatic hydroxyl groups excluding tert-OH is 1. The Balaban J connectivity index is 1.69. The maximum atomic E-state index is 10.0. The summed E-state index contributed by atoms with van der Waals surface area (Å²) in [5.74, 6) is 8.04. The third kappa shape index (κ3) is 1.81. The molecule has 4 rings (SSSR count). The Morgan fingerprint density at radius 3 is 2.64 bits per heavy atom. The van der Waals surface area contributed by atoms with Gasteiger partial charge in [0, 0.05) is 11.1 Å². The highest BCUT2D eigenvalue weighted by atomic mass is 16.3. The van der Waals surface area contributed by atoms with Gasteiger partial charge in [0.2, 0.25) is 0 Å². The minimum absolute atomic E-state index is 0.104. The van der Waals surface area contributed by atoms with E-state index >= 15 is 0 Å². The summed E-state index contributed by atoms with van der Waals surface area (Å²) in [6, 6.07) is 0. The van der Waals surface area contributed by atoms with Crippen molar-refractivity contribution < 1.29 is 5.11 Å². The topological polar surface area (TPSA) is 58.6 Å². The van der Waals surface area contributed by atoms with Crippen LogP contribution in [0.15, 0.2) is 16.8 Å². The lowest BCUT2D eigenvalue weighted by Crippen LogP contribution is -2.50. The molecule has 3 N–H and O–H groups in total. The molecule has 1 unspecified atom stereocenters. The molecule has 3 heteroatoms. The van der Waals surface area contributed by atoms with Crippen LogP contribution in [0.3, 0.4) is 0 Å². The van der Waals surface area contributed by atoms with Crippen molar-refractivity contribution in [1.82, 2.24) is 0 Å². The standard InChI is InChI=1S/C19H30N2O/c1-18-9-7-13(22)11-12(18)3-4-14-15-5-6-17(21-20)19(15,2)10-8-16(14)18/h3,13-16,22H,4-11,20H2,1-2H3/b21-17-/t13?,14-,15-,16-,18-,19-/m0/s1. The summed E-state index contributed by atoms with van der Waals surface area (Å²) in [6.45, 7) is 4.90. The minimum Gasteiger partial charge on any atom is -0.393 e. The van der Waals surface area contributed by atoms with Gasteiger partial charge in [-0.1, -0.05) is 25.5 Å². The Bertz CT molecular complexity index is 540. The summed E-state index contributed by atoms with van der Waals surface area (Å²) in [7, 11) is 0. The summed E-state index contributed by atoms with van der Waals surface area (Å²) >= 11 is 0. The fraction of sp³-hybridized carbons (Fsp3) is 0.842. The van der Waals surface area contributed by atoms with Crippen molar-refractivity contribution >= 4 is 5.71 Å². The largest absolute Gasteiger partial charge is 0.393 e. The first-order valence-electron chi connectivity index (χ1n) is 9.14. The normalized spacial score (nSPS) is 52.7. The summed E-state index contributed by atoms with van der Waals surface area (Å²) in [6.07, 6.45) is 11.6. The van der Waals surface area contributed by atoms with Crippen LogP contribution < -0.4 is 5.84 Å². The van der Waals surface area contributed by atoms with Crippen LogP contribution in [-0.4, -0.2) is 16.9 Å². The number of nitrogens with two attached hydrogens (primary N) is 1. The van der Waals surface area contributed by atoms with Crippen LogP contribution in [0.2, 0.25) is 0 Å². The number of aliphatic hydroxyl groups is 1. The predicted octanol–water partition coefficient (Wildman–Crippen LogP) is 3.62. The van der Waals surface area contributed by atoms with E-state index in [1.54, 1.807) is 5.57 Å². The number of fused-ring (bicyclic) bond motifs is 5. The molecule has 0 spiro atoms. The average Bonchev–Trinajstić information content (AvgIpc) is 2.84. The van der Waals surface area contributed by atoms with E-state index in [4.69, 9.17) is 5.84 Å². The van der Waals surface area contributed by atoms with Gasteiger partial charge in [0.25, 0.3) is 0 Å². The van der Waals surface area contributed by atoms with Crippen molar-refractivity contribution in [3.8, 4) is 0 Å². The van der Waals surface area contributed by atoms with Gasteiger partial charge in [-0.3, -0.25) is 0 Å². The first-order chi connectivity index (χ1) is 10.5. The SMILES string of the molecule is C[C@]12CCC(O)CC1=CC[C@@H]1[C@@H]2CC[C@]2(C)/C(=N\N)CC[C@@H]12. The van der Waals surface area contributed by atoms with Crippen molar-refractivity contribution in [2.45, 2.75) is 71.3 Å². The van der Waals surface area contributed by atoms with E-state index in [1.807, 2.05) is 0 Å². The van der Waals surface area contributed by atoms with Gasteiger partial charge in [0.1, 0.15) is 0 Å². The first kappa shape index (κ1) is 14.7. The second-order valence-electron chi connectivity index (χ2n) is 8.73. The highest BCUT2D eigenvalue weighted by Crippen LogP contribution is 2.64. The number of nitrogens with zero attached hydrogens (tertiary/aromatic N) is 1. The molecule has 0 aromatic carbocycles. The Kier molecular flexibility index (Phi) is 3.24. The molecule has 0 bridgehead atoms. The highest BCUT2D eigenvalue weighted by Gasteiger charge is 2.57. The average molecular weight is 302 g/mol. The zero-order valence-electron chi connectivity index (χ0n) is 14.0. The molecule has 0 saturated heterocycles. The van der Waals surface area contributed by atoms with E-state index in [2.05, 4.69) is 25.0 Å². The summed E-state index contributed by atoms with van der Waals surface area (Å²) in [5.41, 5.74) is 3.43. The fourth-order valence-electron chi connectivity index (χ4n) is 6.64. The number of hydrogen-bond acceptors (Lipinski definition) is 3. The lowest BCUT2D eigenvalue weighted by molar-refractivity contribution is -0.0209. The maximum Gasteiger partial charge on any atom is 0.0577 e.